The molecule has 0 aromatic heterocycles. The number of unbranched alkanes of at least 4 members (excludes halogenated alkanes) is 1. The summed E-state index contributed by atoms with van der Waals surface area (Å²) in [4.78, 5) is 38.1. The molecule has 3 rings (SSSR count). The third kappa shape index (κ3) is 7.24. The van der Waals surface area contributed by atoms with Crippen molar-refractivity contribution in [1.29, 1.82) is 0 Å². The van der Waals surface area contributed by atoms with Crippen molar-refractivity contribution >= 4 is 29.7 Å². The standard InChI is InChI=1S/C27H34N2O5S/c1-3-4-9-19(16-25(30)29(14-15-35-2)17-26(31)32)28-27(33)34-18-24-22-12-7-5-10-20(22)21-11-6-8-13-23(21)24/h5-8,10-13,19,24H,3-4,9,14-18H2,1-2H3,(H,28,33)(H,31,32). The van der Waals surface area contributed by atoms with Crippen molar-refractivity contribution in [3.05, 3.63) is 59.7 Å². The zero-order chi connectivity index (χ0) is 25.2. The van der Waals surface area contributed by atoms with Crippen LogP contribution >= 0.6 is 11.8 Å². The second kappa shape index (κ2) is 13.2. The average Bonchev–Trinajstić information content (AvgIpc) is 3.17. The fourth-order valence-electron chi connectivity index (χ4n) is 4.48. The Labute approximate surface area is 211 Å². The van der Waals surface area contributed by atoms with Crippen molar-refractivity contribution in [1.82, 2.24) is 10.2 Å². The zero-order valence-electron chi connectivity index (χ0n) is 20.4. The maximum absolute atomic E-state index is 12.8. The van der Waals surface area contributed by atoms with Gasteiger partial charge in [0.1, 0.15) is 13.2 Å². The van der Waals surface area contributed by atoms with Gasteiger partial charge in [0.2, 0.25) is 5.91 Å². The molecule has 7 nitrogen and oxygen atoms in total. The summed E-state index contributed by atoms with van der Waals surface area (Å²) < 4.78 is 5.65. The molecule has 8 heteroatoms. The van der Waals surface area contributed by atoms with Crippen LogP contribution in [0.2, 0.25) is 0 Å². The highest BCUT2D eigenvalue weighted by Gasteiger charge is 2.29. The molecule has 0 radical (unpaired) electrons. The molecular weight excluding hydrogens is 464 g/mol. The van der Waals surface area contributed by atoms with Crippen molar-refractivity contribution < 1.29 is 24.2 Å². The minimum Gasteiger partial charge on any atom is -0.480 e. The van der Waals surface area contributed by atoms with E-state index >= 15 is 0 Å². The number of hydrogen-bond acceptors (Lipinski definition) is 5. The first-order valence-corrected chi connectivity index (χ1v) is 13.4. The van der Waals surface area contributed by atoms with Gasteiger partial charge < -0.3 is 20.1 Å². The molecule has 0 spiro atoms. The molecule has 1 aliphatic rings. The first-order chi connectivity index (χ1) is 16.9. The molecule has 188 valence electrons. The summed E-state index contributed by atoms with van der Waals surface area (Å²) >= 11 is 1.55. The van der Waals surface area contributed by atoms with Crippen molar-refractivity contribution in [3.8, 4) is 11.1 Å². The molecule has 2 aromatic carbocycles. The Bertz CT molecular complexity index is 983. The van der Waals surface area contributed by atoms with Crippen LogP contribution in [-0.4, -0.2) is 65.7 Å². The van der Waals surface area contributed by atoms with Crippen LogP contribution in [0.3, 0.4) is 0 Å². The normalized spacial score (nSPS) is 13.0. The van der Waals surface area contributed by atoms with Crippen LogP contribution in [0.25, 0.3) is 11.1 Å². The Morgan fingerprint density at radius 3 is 2.29 bits per heavy atom. The minimum absolute atomic E-state index is 0.0403. The number of fused-ring (bicyclic) bond motifs is 3. The van der Waals surface area contributed by atoms with Crippen LogP contribution < -0.4 is 5.32 Å². The maximum atomic E-state index is 12.8. The van der Waals surface area contributed by atoms with E-state index < -0.39 is 18.1 Å². The zero-order valence-corrected chi connectivity index (χ0v) is 21.2. The van der Waals surface area contributed by atoms with E-state index in [1.807, 2.05) is 37.4 Å². The third-order valence-electron chi connectivity index (χ3n) is 6.24. The van der Waals surface area contributed by atoms with Gasteiger partial charge in [-0.1, -0.05) is 68.3 Å². The van der Waals surface area contributed by atoms with Gasteiger partial charge in [0.25, 0.3) is 0 Å². The lowest BCUT2D eigenvalue weighted by Gasteiger charge is -2.24. The smallest absolute Gasteiger partial charge is 0.407 e. The molecule has 1 aliphatic carbocycles. The molecular formula is C27H34N2O5S. The van der Waals surface area contributed by atoms with Crippen LogP contribution in [-0.2, 0) is 14.3 Å². The Morgan fingerprint density at radius 2 is 1.71 bits per heavy atom. The highest BCUT2D eigenvalue weighted by molar-refractivity contribution is 7.98. The Kier molecular flexibility index (Phi) is 10.0. The first-order valence-electron chi connectivity index (χ1n) is 12.0. The van der Waals surface area contributed by atoms with Crippen LogP contribution in [0.5, 0.6) is 0 Å². The largest absolute Gasteiger partial charge is 0.480 e. The number of carboxylic acid groups (broad SMARTS) is 1. The minimum atomic E-state index is -1.05. The van der Waals surface area contributed by atoms with Gasteiger partial charge in [-0.3, -0.25) is 9.59 Å². The monoisotopic (exact) mass is 498 g/mol. The van der Waals surface area contributed by atoms with Crippen molar-refractivity contribution in [2.75, 3.05) is 31.7 Å². The molecule has 2 aromatic rings. The van der Waals surface area contributed by atoms with Gasteiger partial charge in [0.05, 0.1) is 0 Å². The van der Waals surface area contributed by atoms with Crippen LogP contribution in [0, 0.1) is 0 Å². The molecule has 0 heterocycles. The van der Waals surface area contributed by atoms with E-state index in [-0.39, 0.29) is 31.4 Å². The Balaban J connectivity index is 1.62. The Morgan fingerprint density at radius 1 is 1.09 bits per heavy atom. The molecule has 35 heavy (non-hydrogen) atoms. The first kappa shape index (κ1) is 26.6. The molecule has 1 unspecified atom stereocenters. The predicted molar refractivity (Wildman–Crippen MR) is 139 cm³/mol. The van der Waals surface area contributed by atoms with E-state index in [0.29, 0.717) is 18.7 Å². The van der Waals surface area contributed by atoms with E-state index in [1.54, 1.807) is 11.8 Å². The van der Waals surface area contributed by atoms with E-state index in [4.69, 9.17) is 4.74 Å². The molecule has 0 bridgehead atoms. The molecule has 2 N–H and O–H groups in total. The van der Waals surface area contributed by atoms with Gasteiger partial charge in [-0.25, -0.2) is 4.79 Å². The fraction of sp³-hybridized carbons (Fsp3) is 0.444. The highest BCUT2D eigenvalue weighted by atomic mass is 32.2. The fourth-order valence-corrected chi connectivity index (χ4v) is 4.88. The van der Waals surface area contributed by atoms with Crippen molar-refractivity contribution in [3.63, 3.8) is 0 Å². The lowest BCUT2D eigenvalue weighted by molar-refractivity contribution is -0.144. The van der Waals surface area contributed by atoms with Gasteiger partial charge in [0, 0.05) is 30.7 Å². The number of nitrogens with one attached hydrogen (secondary N) is 1. The number of thioether (sulfide) groups is 1. The van der Waals surface area contributed by atoms with E-state index in [2.05, 4.69) is 29.6 Å². The van der Waals surface area contributed by atoms with Gasteiger partial charge in [0.15, 0.2) is 0 Å². The van der Waals surface area contributed by atoms with Crippen LogP contribution in [0.4, 0.5) is 4.79 Å². The lowest BCUT2D eigenvalue weighted by Crippen LogP contribution is -2.43. The highest BCUT2D eigenvalue weighted by Crippen LogP contribution is 2.44. The Hall–Kier alpha value is -3.00. The predicted octanol–water partition coefficient (Wildman–Crippen LogP) is 4.75. The van der Waals surface area contributed by atoms with Crippen LogP contribution in [0.15, 0.2) is 48.5 Å². The van der Waals surface area contributed by atoms with E-state index in [0.717, 1.165) is 35.1 Å². The number of nitrogens with zero attached hydrogens (tertiary/aromatic N) is 1. The molecule has 2 amide bonds. The van der Waals surface area contributed by atoms with E-state index in [9.17, 15) is 19.5 Å². The van der Waals surface area contributed by atoms with Crippen molar-refractivity contribution in [2.45, 2.75) is 44.6 Å². The second-order valence-electron chi connectivity index (χ2n) is 8.71. The van der Waals surface area contributed by atoms with Gasteiger partial charge >= 0.3 is 12.1 Å². The number of benzene rings is 2. The van der Waals surface area contributed by atoms with Crippen LogP contribution in [0.1, 0.15) is 49.7 Å². The van der Waals surface area contributed by atoms with Gasteiger partial charge in [-0.15, -0.1) is 0 Å². The summed E-state index contributed by atoms with van der Waals surface area (Å²) in [5, 5.41) is 12.0. The number of carboxylic acids is 1. The summed E-state index contributed by atoms with van der Waals surface area (Å²) in [7, 11) is 0. The summed E-state index contributed by atoms with van der Waals surface area (Å²) in [5.74, 6) is -0.713. The number of carbonyl (C=O) groups is 3. The summed E-state index contributed by atoms with van der Waals surface area (Å²) in [6.45, 7) is 2.26. The maximum Gasteiger partial charge on any atom is 0.407 e. The number of carbonyl (C=O) groups excluding carboxylic acids is 2. The molecule has 0 fully saturated rings. The number of aliphatic carboxylic acids is 1. The second-order valence-corrected chi connectivity index (χ2v) is 9.70. The molecule has 0 saturated heterocycles. The number of ether oxygens (including phenoxy) is 1. The topological polar surface area (TPSA) is 95.9 Å². The summed E-state index contributed by atoms with van der Waals surface area (Å²) in [5.41, 5.74) is 4.59. The number of alkyl carbamates (subject to hydrolysis) is 1. The summed E-state index contributed by atoms with van der Waals surface area (Å²) in [6.07, 6.45) is 3.77. The SMILES string of the molecule is CCCCC(CC(=O)N(CCSC)CC(=O)O)NC(=O)OCC1c2ccccc2-c2ccccc21. The number of amides is 2. The van der Waals surface area contributed by atoms with Crippen molar-refractivity contribution in [2.24, 2.45) is 0 Å². The van der Waals surface area contributed by atoms with E-state index in [1.165, 1.54) is 4.90 Å². The third-order valence-corrected chi connectivity index (χ3v) is 6.83. The van der Waals surface area contributed by atoms with Gasteiger partial charge in [-0.05, 0) is 34.9 Å². The molecule has 1 atom stereocenters. The molecule has 0 aliphatic heterocycles. The lowest BCUT2D eigenvalue weighted by atomic mass is 9.98. The molecule has 0 saturated carbocycles. The number of rotatable bonds is 13. The van der Waals surface area contributed by atoms with Gasteiger partial charge in [-0.2, -0.15) is 11.8 Å². The average molecular weight is 499 g/mol. The number of hydrogen-bond donors (Lipinski definition) is 2. The quantitative estimate of drug-likeness (QED) is 0.414. The summed E-state index contributed by atoms with van der Waals surface area (Å²) in [6, 6.07) is 15.9.